The van der Waals surface area contributed by atoms with Crippen molar-refractivity contribution in [3.63, 3.8) is 0 Å². The van der Waals surface area contributed by atoms with Gasteiger partial charge in [-0.25, -0.2) is 4.39 Å². The van der Waals surface area contributed by atoms with Crippen LogP contribution >= 0.6 is 0 Å². The van der Waals surface area contributed by atoms with Crippen LogP contribution in [0.2, 0.25) is 0 Å². The van der Waals surface area contributed by atoms with Crippen molar-refractivity contribution in [2.45, 2.75) is 39.5 Å². The van der Waals surface area contributed by atoms with E-state index < -0.39 is 5.82 Å². The van der Waals surface area contributed by atoms with Crippen LogP contribution in [0.5, 0.6) is 0 Å². The quantitative estimate of drug-likeness (QED) is 0.841. The Bertz CT molecular complexity index is 1020. The second-order valence-electron chi connectivity index (χ2n) is 7.28. The van der Waals surface area contributed by atoms with Gasteiger partial charge in [0, 0.05) is 42.4 Å². The van der Waals surface area contributed by atoms with Crippen LogP contribution in [0.1, 0.15) is 56.8 Å². The molecule has 2 heterocycles. The zero-order valence-corrected chi connectivity index (χ0v) is 15.1. The first-order valence-corrected chi connectivity index (χ1v) is 8.83. The second-order valence-corrected chi connectivity index (χ2v) is 7.28. The molecule has 0 N–H and O–H groups in total. The Morgan fingerprint density at radius 2 is 1.89 bits per heavy atom. The van der Waals surface area contributed by atoms with Crippen molar-refractivity contribution >= 4 is 11.8 Å². The van der Waals surface area contributed by atoms with E-state index in [4.69, 9.17) is 5.26 Å². The molecule has 4 rings (SSSR count). The number of fused-ring (bicyclic) bond motifs is 2. The van der Waals surface area contributed by atoms with Gasteiger partial charge in [-0.3, -0.25) is 9.59 Å². The fourth-order valence-corrected chi connectivity index (χ4v) is 3.75. The molecule has 0 saturated carbocycles. The first-order valence-electron chi connectivity index (χ1n) is 8.83. The summed E-state index contributed by atoms with van der Waals surface area (Å²) >= 11 is 0. The van der Waals surface area contributed by atoms with Gasteiger partial charge >= 0.3 is 0 Å². The SMILES string of the molecule is CC(C)N1Cc2c(F)cc(CN3Cc4cc(C#N)ccc4C3=O)cc2C1=O. The Morgan fingerprint density at radius 1 is 1.11 bits per heavy atom. The van der Waals surface area contributed by atoms with Crippen LogP contribution in [0.15, 0.2) is 30.3 Å². The molecule has 6 heteroatoms. The Hall–Kier alpha value is -3.20. The first-order chi connectivity index (χ1) is 12.9. The fourth-order valence-electron chi connectivity index (χ4n) is 3.75. The van der Waals surface area contributed by atoms with Crippen LogP contribution in [0.25, 0.3) is 0 Å². The summed E-state index contributed by atoms with van der Waals surface area (Å²) in [6.45, 7) is 4.67. The van der Waals surface area contributed by atoms with Gasteiger partial charge in [-0.15, -0.1) is 0 Å². The molecular weight excluding hydrogens is 345 g/mol. The maximum atomic E-state index is 14.6. The molecular formula is C21H18FN3O2. The summed E-state index contributed by atoms with van der Waals surface area (Å²) in [6, 6.07) is 10.2. The molecule has 0 spiro atoms. The lowest BCUT2D eigenvalue weighted by atomic mass is 10.0. The predicted octanol–water partition coefficient (Wildman–Crippen LogP) is 3.22. The molecule has 0 saturated heterocycles. The van der Waals surface area contributed by atoms with Crippen LogP contribution in [0.4, 0.5) is 4.39 Å². The summed E-state index contributed by atoms with van der Waals surface area (Å²) in [6.07, 6.45) is 0. The molecule has 2 aliphatic heterocycles. The number of nitrogens with zero attached hydrogens (tertiary/aromatic N) is 3. The van der Waals surface area contributed by atoms with Crippen molar-refractivity contribution in [2.75, 3.05) is 0 Å². The van der Waals surface area contributed by atoms with Gasteiger partial charge in [0.15, 0.2) is 0 Å². The number of nitriles is 1. The van der Waals surface area contributed by atoms with Crippen molar-refractivity contribution < 1.29 is 14.0 Å². The van der Waals surface area contributed by atoms with Gasteiger partial charge in [0.2, 0.25) is 0 Å². The van der Waals surface area contributed by atoms with Crippen molar-refractivity contribution in [3.05, 3.63) is 69.5 Å². The van der Waals surface area contributed by atoms with Crippen LogP contribution in [0.3, 0.4) is 0 Å². The average molecular weight is 363 g/mol. The van der Waals surface area contributed by atoms with E-state index in [0.717, 1.165) is 5.56 Å². The highest BCUT2D eigenvalue weighted by Gasteiger charge is 2.33. The maximum absolute atomic E-state index is 14.6. The molecule has 5 nitrogen and oxygen atoms in total. The van der Waals surface area contributed by atoms with E-state index in [1.165, 1.54) is 6.07 Å². The van der Waals surface area contributed by atoms with Crippen molar-refractivity contribution in [1.82, 2.24) is 9.80 Å². The molecule has 0 atom stereocenters. The lowest BCUT2D eigenvalue weighted by Crippen LogP contribution is -2.30. The second kappa shape index (κ2) is 6.20. The number of rotatable bonds is 3. The largest absolute Gasteiger partial charge is 0.332 e. The van der Waals surface area contributed by atoms with E-state index in [-0.39, 0.29) is 30.9 Å². The summed E-state index contributed by atoms with van der Waals surface area (Å²) in [5, 5.41) is 9.02. The molecule has 0 bridgehead atoms. The van der Waals surface area contributed by atoms with Crippen molar-refractivity contribution in [3.8, 4) is 6.07 Å². The third-order valence-electron chi connectivity index (χ3n) is 5.18. The van der Waals surface area contributed by atoms with E-state index in [1.54, 1.807) is 34.1 Å². The zero-order chi connectivity index (χ0) is 19.3. The topological polar surface area (TPSA) is 64.4 Å². The normalized spacial score (nSPS) is 15.4. The molecule has 0 aromatic heterocycles. The number of hydrogen-bond donors (Lipinski definition) is 0. The molecule has 136 valence electrons. The Morgan fingerprint density at radius 3 is 2.59 bits per heavy atom. The number of carbonyl (C=O) groups is 2. The standard InChI is InChI=1S/C21H18FN3O2/c1-12(2)25-11-18-17(21(25)27)6-14(7-19(18)22)9-24-10-15-5-13(8-23)3-4-16(15)20(24)26/h3-7,12H,9-11H2,1-2H3. The molecule has 0 aliphatic carbocycles. The molecule has 27 heavy (non-hydrogen) atoms. The maximum Gasteiger partial charge on any atom is 0.254 e. The average Bonchev–Trinajstić information content (AvgIpc) is 3.13. The fraction of sp³-hybridized carbons (Fsp3) is 0.286. The smallest absolute Gasteiger partial charge is 0.254 e. The van der Waals surface area contributed by atoms with Crippen molar-refractivity contribution in [2.24, 2.45) is 0 Å². The highest BCUT2D eigenvalue weighted by molar-refractivity contribution is 5.99. The molecule has 2 amide bonds. The predicted molar refractivity (Wildman–Crippen MR) is 96.1 cm³/mol. The van der Waals surface area contributed by atoms with E-state index in [0.29, 0.717) is 34.4 Å². The van der Waals surface area contributed by atoms with Crippen LogP contribution in [-0.2, 0) is 19.6 Å². The van der Waals surface area contributed by atoms with E-state index in [1.807, 2.05) is 13.8 Å². The minimum atomic E-state index is -0.407. The van der Waals surface area contributed by atoms with Gasteiger partial charge in [-0.05, 0) is 55.3 Å². The van der Waals surface area contributed by atoms with Gasteiger partial charge in [0.05, 0.1) is 11.6 Å². The van der Waals surface area contributed by atoms with E-state index in [2.05, 4.69) is 6.07 Å². The summed E-state index contributed by atoms with van der Waals surface area (Å²) in [5.74, 6) is -0.726. The number of halogens is 1. The lowest BCUT2D eigenvalue weighted by Gasteiger charge is -2.19. The Labute approximate surface area is 156 Å². The lowest BCUT2D eigenvalue weighted by molar-refractivity contribution is 0.0729. The van der Waals surface area contributed by atoms with Crippen molar-refractivity contribution in [1.29, 1.82) is 5.26 Å². The number of amides is 2. The zero-order valence-electron chi connectivity index (χ0n) is 15.1. The third kappa shape index (κ3) is 2.76. The molecule has 0 radical (unpaired) electrons. The Kier molecular flexibility index (Phi) is 3.96. The summed E-state index contributed by atoms with van der Waals surface area (Å²) in [4.78, 5) is 28.4. The van der Waals surface area contributed by atoms with Gasteiger partial charge < -0.3 is 9.80 Å². The minimum absolute atomic E-state index is 0.00302. The number of carbonyl (C=O) groups excluding carboxylic acids is 2. The van der Waals surface area contributed by atoms with Gasteiger partial charge in [-0.1, -0.05) is 0 Å². The highest BCUT2D eigenvalue weighted by Crippen LogP contribution is 2.30. The van der Waals surface area contributed by atoms with Crippen LogP contribution < -0.4 is 0 Å². The summed E-state index contributed by atoms with van der Waals surface area (Å²) in [5.41, 5.74) is 3.26. The van der Waals surface area contributed by atoms with Crippen LogP contribution in [0, 0.1) is 17.1 Å². The van der Waals surface area contributed by atoms with E-state index >= 15 is 0 Å². The van der Waals surface area contributed by atoms with E-state index in [9.17, 15) is 14.0 Å². The number of hydrogen-bond acceptors (Lipinski definition) is 3. The molecule has 2 aliphatic rings. The van der Waals surface area contributed by atoms with Gasteiger partial charge in [-0.2, -0.15) is 5.26 Å². The highest BCUT2D eigenvalue weighted by atomic mass is 19.1. The summed E-state index contributed by atoms with van der Waals surface area (Å²) < 4.78 is 14.6. The Balaban J connectivity index is 1.61. The number of benzene rings is 2. The monoisotopic (exact) mass is 363 g/mol. The van der Waals surface area contributed by atoms with Crippen LogP contribution in [-0.4, -0.2) is 27.7 Å². The van der Waals surface area contributed by atoms with Gasteiger partial charge in [0.25, 0.3) is 11.8 Å². The molecule has 2 aromatic carbocycles. The summed E-state index contributed by atoms with van der Waals surface area (Å²) in [7, 11) is 0. The molecule has 2 aromatic rings. The third-order valence-corrected chi connectivity index (χ3v) is 5.18. The minimum Gasteiger partial charge on any atom is -0.332 e. The molecule has 0 fully saturated rings. The molecule has 0 unspecified atom stereocenters. The first kappa shape index (κ1) is 17.2. The van der Waals surface area contributed by atoms with Gasteiger partial charge in [0.1, 0.15) is 5.82 Å².